The number of carbonyl (C=O) groups excluding carboxylic acids is 1. The number of amides is 1. The van der Waals surface area contributed by atoms with Gasteiger partial charge in [0, 0.05) is 18.8 Å². The minimum absolute atomic E-state index is 0.0800. The Balaban J connectivity index is 1.12. The van der Waals surface area contributed by atoms with Crippen LogP contribution < -0.4 is 5.32 Å². The summed E-state index contributed by atoms with van der Waals surface area (Å²) >= 11 is 1.23. The molecule has 1 aromatic carbocycles. The fraction of sp³-hybridized carbons (Fsp3) is 0.577. The van der Waals surface area contributed by atoms with Gasteiger partial charge in [0.25, 0.3) is 10.0 Å². The predicted molar refractivity (Wildman–Crippen MR) is 131 cm³/mol. The van der Waals surface area contributed by atoms with Crippen LogP contribution in [0.15, 0.2) is 46.0 Å². The van der Waals surface area contributed by atoms with E-state index in [0.29, 0.717) is 29.0 Å². The Labute approximate surface area is 200 Å². The van der Waals surface area contributed by atoms with Gasteiger partial charge in [-0.2, -0.15) is 4.31 Å². The molecule has 5 fully saturated rings. The predicted octanol–water partition coefficient (Wildman–Crippen LogP) is 5.26. The zero-order chi connectivity index (χ0) is 22.6. The number of hydrogen-bond acceptors (Lipinski definition) is 4. The van der Waals surface area contributed by atoms with Gasteiger partial charge in [0.05, 0.1) is 5.92 Å². The number of thiophene rings is 1. The van der Waals surface area contributed by atoms with Gasteiger partial charge in [-0.25, -0.2) is 8.42 Å². The summed E-state index contributed by atoms with van der Waals surface area (Å²) in [4.78, 5) is 13.0. The molecule has 2 aromatic rings. The minimum Gasteiger partial charge on any atom is -0.326 e. The lowest BCUT2D eigenvalue weighted by atomic mass is 9.48. The number of piperidine rings is 1. The zero-order valence-corrected chi connectivity index (χ0v) is 20.5. The largest absolute Gasteiger partial charge is 0.326 e. The number of nitrogens with zero attached hydrogens (tertiary/aromatic N) is 1. The molecule has 2 heterocycles. The first-order chi connectivity index (χ1) is 15.9. The molecular weight excluding hydrogens is 452 g/mol. The van der Waals surface area contributed by atoms with E-state index in [1.165, 1.54) is 59.7 Å². The van der Waals surface area contributed by atoms with Crippen molar-refractivity contribution < 1.29 is 13.2 Å². The third-order valence-electron chi connectivity index (χ3n) is 8.65. The molecule has 5 aliphatic rings. The van der Waals surface area contributed by atoms with E-state index in [-0.39, 0.29) is 18.4 Å². The van der Waals surface area contributed by atoms with E-state index in [1.54, 1.807) is 17.5 Å². The number of hydrogen-bond donors (Lipinski definition) is 1. The van der Waals surface area contributed by atoms with Gasteiger partial charge in [-0.1, -0.05) is 18.2 Å². The smallest absolute Gasteiger partial charge is 0.252 e. The molecule has 0 unspecified atom stereocenters. The second kappa shape index (κ2) is 8.21. The van der Waals surface area contributed by atoms with Crippen LogP contribution in [0.1, 0.15) is 56.9 Å². The first kappa shape index (κ1) is 21.8. The van der Waals surface area contributed by atoms with Gasteiger partial charge in [0.1, 0.15) is 4.21 Å². The van der Waals surface area contributed by atoms with Gasteiger partial charge in [-0.15, -0.1) is 11.3 Å². The summed E-state index contributed by atoms with van der Waals surface area (Å²) in [6.07, 6.45) is 9.74. The van der Waals surface area contributed by atoms with Crippen molar-refractivity contribution in [1.29, 1.82) is 0 Å². The van der Waals surface area contributed by atoms with Gasteiger partial charge in [0.15, 0.2) is 0 Å². The molecule has 0 spiro atoms. The number of sulfonamides is 1. The minimum atomic E-state index is -3.51. The van der Waals surface area contributed by atoms with Crippen LogP contribution >= 0.6 is 11.3 Å². The Hall–Kier alpha value is -1.70. The van der Waals surface area contributed by atoms with Crippen LogP contribution in [0.4, 0.5) is 5.69 Å². The molecule has 33 heavy (non-hydrogen) atoms. The SMILES string of the molecule is O=C(Nc1ccc(C23CC4CC(CC(C4)C2)C3)cc1)[C@@H]1CCCN(S(=O)(=O)c2cccs2)C1. The van der Waals surface area contributed by atoms with Crippen LogP contribution in [-0.4, -0.2) is 31.7 Å². The Morgan fingerprint density at radius 2 is 1.67 bits per heavy atom. The summed E-state index contributed by atoms with van der Waals surface area (Å²) in [6, 6.07) is 12.0. The number of rotatable bonds is 5. The highest BCUT2D eigenvalue weighted by atomic mass is 32.2. The number of anilines is 1. The van der Waals surface area contributed by atoms with Gasteiger partial charge >= 0.3 is 0 Å². The quantitative estimate of drug-likeness (QED) is 0.630. The number of nitrogens with one attached hydrogen (secondary N) is 1. The van der Waals surface area contributed by atoms with Crippen LogP contribution in [0.3, 0.4) is 0 Å². The Kier molecular flexibility index (Phi) is 5.42. The highest BCUT2D eigenvalue weighted by Gasteiger charge is 2.51. The monoisotopic (exact) mass is 484 g/mol. The molecule has 4 bridgehead atoms. The highest BCUT2D eigenvalue weighted by Crippen LogP contribution is 2.60. The van der Waals surface area contributed by atoms with Crippen LogP contribution in [0.25, 0.3) is 0 Å². The summed E-state index contributed by atoms with van der Waals surface area (Å²) in [6.45, 7) is 0.723. The average molecular weight is 485 g/mol. The molecule has 5 nitrogen and oxygen atoms in total. The standard InChI is InChI=1S/C26H32N2O3S2/c29-25(21-3-1-9-28(17-21)33(30,31)24-4-2-10-32-24)27-23-7-5-22(6-8-23)26-14-18-11-19(15-26)13-20(12-18)16-26/h2,4-8,10,18-21H,1,3,9,11-17H2,(H,27,29)/t18?,19?,20?,21-,26?/m1/s1. The van der Waals surface area contributed by atoms with Crippen LogP contribution in [0, 0.1) is 23.7 Å². The molecule has 1 amide bonds. The first-order valence-electron chi connectivity index (χ1n) is 12.4. The van der Waals surface area contributed by atoms with Crippen molar-refractivity contribution in [2.24, 2.45) is 23.7 Å². The van der Waals surface area contributed by atoms with Crippen molar-refractivity contribution in [3.05, 3.63) is 47.3 Å². The van der Waals surface area contributed by atoms with E-state index < -0.39 is 10.0 Å². The van der Waals surface area contributed by atoms with Crippen molar-refractivity contribution in [2.45, 2.75) is 61.0 Å². The van der Waals surface area contributed by atoms with Crippen molar-refractivity contribution in [3.63, 3.8) is 0 Å². The lowest BCUT2D eigenvalue weighted by Crippen LogP contribution is -2.48. The van der Waals surface area contributed by atoms with E-state index in [1.807, 2.05) is 0 Å². The van der Waals surface area contributed by atoms with E-state index >= 15 is 0 Å². The molecule has 1 N–H and O–H groups in total. The molecule has 4 saturated carbocycles. The Morgan fingerprint density at radius 1 is 1.00 bits per heavy atom. The molecule has 0 radical (unpaired) electrons. The molecule has 7 heteroatoms. The molecular formula is C26H32N2O3S2. The van der Waals surface area contributed by atoms with E-state index in [2.05, 4.69) is 29.6 Å². The third-order valence-corrected chi connectivity index (χ3v) is 11.9. The summed E-state index contributed by atoms with van der Waals surface area (Å²) in [5.74, 6) is 2.33. The van der Waals surface area contributed by atoms with Crippen LogP contribution in [0.2, 0.25) is 0 Å². The lowest BCUT2D eigenvalue weighted by molar-refractivity contribution is -0.120. The summed E-state index contributed by atoms with van der Waals surface area (Å²) in [7, 11) is -3.51. The first-order valence-corrected chi connectivity index (χ1v) is 14.7. The molecule has 1 saturated heterocycles. The van der Waals surface area contributed by atoms with Crippen molar-refractivity contribution in [1.82, 2.24) is 4.31 Å². The van der Waals surface area contributed by atoms with Crippen LogP contribution in [-0.2, 0) is 20.2 Å². The zero-order valence-electron chi connectivity index (χ0n) is 18.9. The van der Waals surface area contributed by atoms with Gasteiger partial charge in [0.2, 0.25) is 5.91 Å². The fourth-order valence-electron chi connectivity index (χ4n) is 7.53. The maximum absolute atomic E-state index is 13.0. The lowest BCUT2D eigenvalue weighted by Gasteiger charge is -2.57. The Morgan fingerprint density at radius 3 is 2.27 bits per heavy atom. The van der Waals surface area contributed by atoms with Crippen molar-refractivity contribution in [2.75, 3.05) is 18.4 Å². The molecule has 1 atom stereocenters. The average Bonchev–Trinajstić information content (AvgIpc) is 3.35. The molecule has 1 aliphatic heterocycles. The normalized spacial score (nSPS) is 33.8. The summed E-state index contributed by atoms with van der Waals surface area (Å²) in [5, 5.41) is 4.83. The maximum atomic E-state index is 13.0. The van der Waals surface area contributed by atoms with Crippen molar-refractivity contribution >= 4 is 33.0 Å². The van der Waals surface area contributed by atoms with Crippen LogP contribution in [0.5, 0.6) is 0 Å². The maximum Gasteiger partial charge on any atom is 0.252 e. The van der Waals surface area contributed by atoms with E-state index in [0.717, 1.165) is 23.4 Å². The molecule has 7 rings (SSSR count). The van der Waals surface area contributed by atoms with Gasteiger partial charge in [-0.3, -0.25) is 4.79 Å². The fourth-order valence-corrected chi connectivity index (χ4v) is 10.2. The van der Waals surface area contributed by atoms with E-state index in [9.17, 15) is 13.2 Å². The van der Waals surface area contributed by atoms with E-state index in [4.69, 9.17) is 0 Å². The van der Waals surface area contributed by atoms with Gasteiger partial charge in [-0.05, 0) is 104 Å². The molecule has 4 aliphatic carbocycles. The summed E-state index contributed by atoms with van der Waals surface area (Å²) < 4.78 is 27.6. The van der Waals surface area contributed by atoms with Gasteiger partial charge < -0.3 is 5.32 Å². The molecule has 1 aromatic heterocycles. The topological polar surface area (TPSA) is 66.5 Å². The second-order valence-corrected chi connectivity index (χ2v) is 14.0. The second-order valence-electron chi connectivity index (χ2n) is 10.9. The molecule has 176 valence electrons. The Bertz CT molecular complexity index is 1090. The number of carbonyl (C=O) groups is 1. The third kappa shape index (κ3) is 3.96. The van der Waals surface area contributed by atoms with Crippen molar-refractivity contribution in [3.8, 4) is 0 Å². The highest BCUT2D eigenvalue weighted by molar-refractivity contribution is 7.91. The summed E-state index contributed by atoms with van der Waals surface area (Å²) in [5.41, 5.74) is 2.62. The number of benzene rings is 1.